The Kier molecular flexibility index (Phi) is 8.43. The molecule has 31 heavy (non-hydrogen) atoms. The van der Waals surface area contributed by atoms with Crippen LogP contribution < -0.4 is 0 Å². The van der Waals surface area contributed by atoms with Gasteiger partial charge in [0.25, 0.3) is 0 Å². The van der Waals surface area contributed by atoms with Crippen molar-refractivity contribution in [3.8, 4) is 0 Å². The Balaban J connectivity index is 1.86. The van der Waals surface area contributed by atoms with Gasteiger partial charge in [0.1, 0.15) is 24.2 Å². The topological polar surface area (TPSA) is 94.5 Å². The number of benzene rings is 2. The molecular weight excluding hydrogens is 424 g/mol. The summed E-state index contributed by atoms with van der Waals surface area (Å²) in [6, 6.07) is 18.9. The number of alkyl halides is 1. The summed E-state index contributed by atoms with van der Waals surface area (Å²) in [4.78, 5) is 12.0. The molecule has 8 heteroatoms. The highest BCUT2D eigenvalue weighted by Crippen LogP contribution is 2.34. The number of hydrogen-bond donors (Lipinski definition) is 2. The van der Waals surface area contributed by atoms with E-state index in [0.29, 0.717) is 0 Å². The third-order valence-electron chi connectivity index (χ3n) is 5.02. The fourth-order valence-corrected chi connectivity index (χ4v) is 3.62. The highest BCUT2D eigenvalue weighted by molar-refractivity contribution is 6.26. The maximum atomic E-state index is 12.0. The Bertz CT molecular complexity index is 815. The van der Waals surface area contributed by atoms with Gasteiger partial charge in [0.2, 0.25) is 0 Å². The zero-order chi connectivity index (χ0) is 22.3. The molecule has 1 unspecified atom stereocenters. The summed E-state index contributed by atoms with van der Waals surface area (Å²) < 4.78 is 23.2. The zero-order valence-electron chi connectivity index (χ0n) is 17.2. The first-order valence-corrected chi connectivity index (χ1v) is 10.6. The number of halogens is 1. The molecule has 168 valence electrons. The lowest BCUT2D eigenvalue weighted by Crippen LogP contribution is -2.66. The Morgan fingerprint density at radius 1 is 1.00 bits per heavy atom. The summed E-state index contributed by atoms with van der Waals surface area (Å²) in [7, 11) is 0. The van der Waals surface area contributed by atoms with Crippen LogP contribution in [-0.4, -0.2) is 58.9 Å². The molecule has 5 atom stereocenters. The highest BCUT2D eigenvalue weighted by atomic mass is 35.5. The summed E-state index contributed by atoms with van der Waals surface area (Å²) in [5, 5.41) is 20.8. The number of carbonyl (C=O) groups excluding carboxylic acids is 1. The van der Waals surface area contributed by atoms with Crippen LogP contribution in [0.1, 0.15) is 18.1 Å². The van der Waals surface area contributed by atoms with Crippen molar-refractivity contribution in [2.24, 2.45) is 0 Å². The number of ether oxygens (including phenoxy) is 4. The molecule has 2 N–H and O–H groups in total. The third kappa shape index (κ3) is 6.26. The van der Waals surface area contributed by atoms with Crippen LogP contribution in [0.2, 0.25) is 0 Å². The van der Waals surface area contributed by atoms with E-state index in [-0.39, 0.29) is 19.1 Å². The predicted molar refractivity (Wildman–Crippen MR) is 113 cm³/mol. The Labute approximate surface area is 186 Å². The third-order valence-corrected chi connectivity index (χ3v) is 5.24. The molecule has 2 aromatic carbocycles. The Morgan fingerprint density at radius 2 is 1.55 bits per heavy atom. The number of aliphatic hydroxyl groups excluding tert-OH is 1. The van der Waals surface area contributed by atoms with Gasteiger partial charge in [-0.3, -0.25) is 4.79 Å². The minimum atomic E-state index is -1.80. The van der Waals surface area contributed by atoms with Crippen molar-refractivity contribution in [2.45, 2.75) is 50.3 Å². The average Bonchev–Trinajstić information content (AvgIpc) is 2.79. The molecule has 1 saturated heterocycles. The Hall–Kier alpha value is -2.00. The molecule has 1 fully saturated rings. The van der Waals surface area contributed by atoms with Gasteiger partial charge >= 0.3 is 5.97 Å². The summed E-state index contributed by atoms with van der Waals surface area (Å²) in [6.07, 6.45) is -3.97. The van der Waals surface area contributed by atoms with Gasteiger partial charge in [0, 0.05) is 0 Å². The van der Waals surface area contributed by atoms with E-state index in [1.165, 1.54) is 6.92 Å². The van der Waals surface area contributed by atoms with E-state index >= 15 is 0 Å². The van der Waals surface area contributed by atoms with Gasteiger partial charge in [-0.15, -0.1) is 11.6 Å². The van der Waals surface area contributed by atoms with Crippen LogP contribution >= 0.6 is 11.6 Å². The number of rotatable bonds is 9. The maximum Gasteiger partial charge on any atom is 0.321 e. The first kappa shape index (κ1) is 23.7. The van der Waals surface area contributed by atoms with Crippen LogP contribution in [0.25, 0.3) is 0 Å². The Morgan fingerprint density at radius 3 is 2.06 bits per heavy atom. The molecule has 1 aliphatic rings. The normalized spacial score (nSPS) is 28.3. The van der Waals surface area contributed by atoms with Gasteiger partial charge in [0.05, 0.1) is 19.8 Å². The average molecular weight is 451 g/mol. The number of esters is 1. The smallest absolute Gasteiger partial charge is 0.321 e. The molecule has 3 rings (SSSR count). The molecular formula is C23H27ClO7. The molecule has 0 amide bonds. The molecule has 0 saturated carbocycles. The van der Waals surface area contributed by atoms with Crippen molar-refractivity contribution in [1.82, 2.24) is 0 Å². The van der Waals surface area contributed by atoms with Crippen LogP contribution in [-0.2, 0) is 37.0 Å². The van der Waals surface area contributed by atoms with Crippen molar-refractivity contribution in [1.29, 1.82) is 0 Å². The van der Waals surface area contributed by atoms with Crippen LogP contribution in [0.4, 0.5) is 0 Å². The molecule has 2 aromatic rings. The van der Waals surface area contributed by atoms with Crippen molar-refractivity contribution >= 4 is 17.6 Å². The second kappa shape index (κ2) is 11.0. The maximum absolute atomic E-state index is 12.0. The molecule has 0 radical (unpaired) electrons. The summed E-state index contributed by atoms with van der Waals surface area (Å²) in [5.41, 5.74) is 1.78. The summed E-state index contributed by atoms with van der Waals surface area (Å²) in [5.74, 6) is -2.86. The second-order valence-electron chi connectivity index (χ2n) is 7.46. The second-order valence-corrected chi connectivity index (χ2v) is 7.73. The minimum Gasteiger partial charge on any atom is -0.456 e. The first-order chi connectivity index (χ1) is 14.9. The van der Waals surface area contributed by atoms with E-state index in [1.54, 1.807) is 0 Å². The quantitative estimate of drug-likeness (QED) is 0.447. The number of aliphatic hydroxyl groups is 2. The van der Waals surface area contributed by atoms with E-state index in [9.17, 15) is 15.0 Å². The van der Waals surface area contributed by atoms with Crippen molar-refractivity contribution in [3.63, 3.8) is 0 Å². The van der Waals surface area contributed by atoms with Gasteiger partial charge in [-0.05, 0) is 18.1 Å². The number of hydrogen-bond acceptors (Lipinski definition) is 7. The van der Waals surface area contributed by atoms with Crippen LogP contribution in [0.15, 0.2) is 60.7 Å². The van der Waals surface area contributed by atoms with Crippen LogP contribution in [0.3, 0.4) is 0 Å². The minimum absolute atomic E-state index is 0.177. The fourth-order valence-electron chi connectivity index (χ4n) is 3.56. The summed E-state index contributed by atoms with van der Waals surface area (Å²) >= 11 is 5.62. The van der Waals surface area contributed by atoms with E-state index in [2.05, 4.69) is 0 Å². The van der Waals surface area contributed by atoms with Crippen LogP contribution in [0, 0.1) is 0 Å². The molecule has 0 aromatic heterocycles. The van der Waals surface area contributed by atoms with Gasteiger partial charge in [0.15, 0.2) is 11.9 Å². The van der Waals surface area contributed by atoms with Crippen LogP contribution in [0.5, 0.6) is 0 Å². The van der Waals surface area contributed by atoms with Gasteiger partial charge in [-0.2, -0.15) is 0 Å². The molecule has 1 heterocycles. The van der Waals surface area contributed by atoms with Crippen molar-refractivity contribution < 1.29 is 34.0 Å². The zero-order valence-corrected chi connectivity index (χ0v) is 18.0. The van der Waals surface area contributed by atoms with E-state index in [0.717, 1.165) is 11.1 Å². The van der Waals surface area contributed by atoms with E-state index in [1.807, 2.05) is 60.7 Å². The molecule has 0 spiro atoms. The van der Waals surface area contributed by atoms with Gasteiger partial charge < -0.3 is 29.2 Å². The lowest BCUT2D eigenvalue weighted by atomic mass is 9.92. The molecule has 1 aliphatic heterocycles. The molecule has 7 nitrogen and oxygen atoms in total. The fraction of sp³-hybridized carbons (Fsp3) is 0.435. The molecule has 0 aliphatic carbocycles. The van der Waals surface area contributed by atoms with Gasteiger partial charge in [-0.25, -0.2) is 0 Å². The molecule has 0 bridgehead atoms. The monoisotopic (exact) mass is 450 g/mol. The van der Waals surface area contributed by atoms with Crippen molar-refractivity contribution in [2.75, 3.05) is 12.5 Å². The largest absolute Gasteiger partial charge is 0.456 e. The van der Waals surface area contributed by atoms with E-state index in [4.69, 9.17) is 30.5 Å². The van der Waals surface area contributed by atoms with E-state index < -0.39 is 42.8 Å². The lowest BCUT2D eigenvalue weighted by molar-refractivity contribution is -0.357. The summed E-state index contributed by atoms with van der Waals surface area (Å²) in [6.45, 7) is 1.30. The first-order valence-electron chi connectivity index (χ1n) is 10.0. The standard InChI is InChI=1S/C23H27ClO7/c1-23(27)22(29-15-17-10-6-3-7-11-17)21(28-14-16-8-4-2-5-9-16)20(18(13-25)31-23)30-19(26)12-24/h2-11,18,20-22,25,27H,12-15H2,1H3/t18-,20-,21+,22-,23?/m1/s1. The predicted octanol–water partition coefficient (Wildman–Crippen LogP) is 2.41. The lowest BCUT2D eigenvalue weighted by Gasteiger charge is -2.48. The SMILES string of the molecule is CC1(O)O[C@H](CO)[C@@H](OC(=O)CCl)[C@H](OCc2ccccc2)[C@H]1OCc1ccccc1. The van der Waals surface area contributed by atoms with Gasteiger partial charge in [-0.1, -0.05) is 60.7 Å². The highest BCUT2D eigenvalue weighted by Gasteiger charge is 2.54. The number of carbonyl (C=O) groups is 1. The van der Waals surface area contributed by atoms with Crippen molar-refractivity contribution in [3.05, 3.63) is 71.8 Å².